The molecule has 0 rings (SSSR count). The molecule has 0 fully saturated rings. The molecule has 0 aliphatic heterocycles. The van der Waals surface area contributed by atoms with E-state index in [1.807, 2.05) is 18.7 Å². The van der Waals surface area contributed by atoms with Crippen molar-refractivity contribution in [3.63, 3.8) is 0 Å². The van der Waals surface area contributed by atoms with Crippen LogP contribution >= 0.6 is 0 Å². The minimum atomic E-state index is -0.959. The Hall–Kier alpha value is -1.03. The lowest BCUT2D eigenvalue weighted by atomic mass is 10.1. The third-order valence-corrected chi connectivity index (χ3v) is 2.18. The van der Waals surface area contributed by atoms with E-state index in [0.29, 0.717) is 12.6 Å². The van der Waals surface area contributed by atoms with Gasteiger partial charge < -0.3 is 15.1 Å². The maximum atomic E-state index is 10.3. The zero-order valence-corrected chi connectivity index (χ0v) is 8.81. The molecule has 0 amide bonds. The van der Waals surface area contributed by atoms with E-state index in [1.54, 1.807) is 0 Å². The van der Waals surface area contributed by atoms with E-state index < -0.39 is 5.97 Å². The maximum absolute atomic E-state index is 10.3. The van der Waals surface area contributed by atoms with Gasteiger partial charge in [-0.05, 0) is 12.8 Å². The molecule has 0 aromatic heterocycles. The number of hydrogen-bond donors (Lipinski definition) is 2. The van der Waals surface area contributed by atoms with Gasteiger partial charge in [-0.3, -0.25) is 0 Å². The van der Waals surface area contributed by atoms with Gasteiger partial charge in [0.15, 0.2) is 0 Å². The number of aliphatic hydroxyl groups is 1. The number of hydrogen-bond acceptors (Lipinski definition) is 3. The second kappa shape index (κ2) is 7.38. The maximum Gasteiger partial charge on any atom is 0.329 e. The van der Waals surface area contributed by atoms with Crippen LogP contribution in [0, 0.1) is 0 Å². The van der Waals surface area contributed by atoms with Gasteiger partial charge in [0.05, 0.1) is 6.61 Å². The van der Waals surface area contributed by atoms with Crippen LogP contribution in [-0.4, -0.2) is 40.3 Å². The lowest BCUT2D eigenvalue weighted by molar-refractivity contribution is -0.131. The summed E-state index contributed by atoms with van der Waals surface area (Å²) in [7, 11) is 0. The molecule has 82 valence electrons. The van der Waals surface area contributed by atoms with Gasteiger partial charge in [-0.25, -0.2) is 4.79 Å². The summed E-state index contributed by atoms with van der Waals surface area (Å²) in [5, 5.41) is 17.3. The monoisotopic (exact) mass is 201 g/mol. The summed E-state index contributed by atoms with van der Waals surface area (Å²) in [4.78, 5) is 12.2. The van der Waals surface area contributed by atoms with Gasteiger partial charge in [-0.15, -0.1) is 0 Å². The van der Waals surface area contributed by atoms with E-state index >= 15 is 0 Å². The molecule has 14 heavy (non-hydrogen) atoms. The average Bonchev–Trinajstić information content (AvgIpc) is 2.15. The second-order valence-electron chi connectivity index (χ2n) is 3.09. The third-order valence-electron chi connectivity index (χ3n) is 2.18. The first-order valence-corrected chi connectivity index (χ1v) is 4.93. The molecule has 0 unspecified atom stereocenters. The van der Waals surface area contributed by atoms with Crippen LogP contribution in [-0.2, 0) is 4.79 Å². The molecule has 2 N–H and O–H groups in total. The van der Waals surface area contributed by atoms with Crippen molar-refractivity contribution in [2.75, 3.05) is 13.2 Å². The SMILES string of the molecule is CCC(CC)N(C=CC(=O)O)CCO. The Morgan fingerprint density at radius 3 is 2.36 bits per heavy atom. The number of carbonyl (C=O) groups is 1. The minimum Gasteiger partial charge on any atom is -0.478 e. The van der Waals surface area contributed by atoms with Crippen molar-refractivity contribution in [3.8, 4) is 0 Å². The lowest BCUT2D eigenvalue weighted by Crippen LogP contribution is -2.32. The van der Waals surface area contributed by atoms with Crippen LogP contribution in [0.5, 0.6) is 0 Å². The molecular weight excluding hydrogens is 182 g/mol. The molecule has 4 nitrogen and oxygen atoms in total. The van der Waals surface area contributed by atoms with Crippen LogP contribution in [0.2, 0.25) is 0 Å². The molecule has 0 radical (unpaired) electrons. The fraction of sp³-hybridized carbons (Fsp3) is 0.700. The van der Waals surface area contributed by atoms with Crippen molar-refractivity contribution in [1.82, 2.24) is 4.90 Å². The zero-order valence-electron chi connectivity index (χ0n) is 8.81. The Balaban J connectivity index is 4.32. The van der Waals surface area contributed by atoms with Crippen LogP contribution in [0.3, 0.4) is 0 Å². The van der Waals surface area contributed by atoms with Crippen molar-refractivity contribution in [2.45, 2.75) is 32.7 Å². The number of aliphatic carboxylic acids is 1. The van der Waals surface area contributed by atoms with Gasteiger partial charge in [0.25, 0.3) is 0 Å². The van der Waals surface area contributed by atoms with Gasteiger partial charge in [0.2, 0.25) is 0 Å². The number of carboxylic acids is 1. The van der Waals surface area contributed by atoms with E-state index in [9.17, 15) is 4.79 Å². The highest BCUT2D eigenvalue weighted by molar-refractivity contribution is 5.79. The molecule has 0 atom stereocenters. The molecule has 0 bridgehead atoms. The Morgan fingerprint density at radius 2 is 2.00 bits per heavy atom. The topological polar surface area (TPSA) is 60.8 Å². The number of nitrogens with zero attached hydrogens (tertiary/aromatic N) is 1. The summed E-state index contributed by atoms with van der Waals surface area (Å²) >= 11 is 0. The molecule has 0 saturated carbocycles. The first kappa shape index (κ1) is 13.0. The molecule has 0 aliphatic rings. The van der Waals surface area contributed by atoms with Crippen LogP contribution in [0.1, 0.15) is 26.7 Å². The summed E-state index contributed by atoms with van der Waals surface area (Å²) < 4.78 is 0. The summed E-state index contributed by atoms with van der Waals surface area (Å²) in [6.45, 7) is 4.62. The predicted molar refractivity (Wildman–Crippen MR) is 54.9 cm³/mol. The number of rotatable bonds is 7. The minimum absolute atomic E-state index is 0.0421. The van der Waals surface area contributed by atoms with E-state index in [-0.39, 0.29) is 6.61 Å². The highest BCUT2D eigenvalue weighted by Crippen LogP contribution is 2.08. The molecule has 0 spiro atoms. The zero-order chi connectivity index (χ0) is 11.0. The normalized spacial score (nSPS) is 11.1. The Labute approximate surface area is 84.8 Å². The van der Waals surface area contributed by atoms with Gasteiger partial charge in [-0.1, -0.05) is 13.8 Å². The Morgan fingerprint density at radius 1 is 1.43 bits per heavy atom. The van der Waals surface area contributed by atoms with Crippen LogP contribution < -0.4 is 0 Å². The van der Waals surface area contributed by atoms with Gasteiger partial charge in [-0.2, -0.15) is 0 Å². The van der Waals surface area contributed by atoms with E-state index in [0.717, 1.165) is 18.9 Å². The van der Waals surface area contributed by atoms with E-state index in [1.165, 1.54) is 6.20 Å². The molecule has 0 aliphatic carbocycles. The lowest BCUT2D eigenvalue weighted by Gasteiger charge is -2.28. The van der Waals surface area contributed by atoms with Crippen LogP contribution in [0.15, 0.2) is 12.3 Å². The molecule has 0 aromatic carbocycles. The standard InChI is InChI=1S/C10H19NO3/c1-3-9(4-2)11(7-8-12)6-5-10(13)14/h5-6,9,12H,3-4,7-8H2,1-2H3,(H,13,14). The Kier molecular flexibility index (Phi) is 6.84. The summed E-state index contributed by atoms with van der Waals surface area (Å²) in [5.74, 6) is -0.959. The predicted octanol–water partition coefficient (Wildman–Crippen LogP) is 1.07. The molecule has 0 aromatic rings. The molecule has 4 heteroatoms. The largest absolute Gasteiger partial charge is 0.478 e. The highest BCUT2D eigenvalue weighted by atomic mass is 16.4. The fourth-order valence-corrected chi connectivity index (χ4v) is 1.41. The van der Waals surface area contributed by atoms with E-state index in [4.69, 9.17) is 10.2 Å². The van der Waals surface area contributed by atoms with Crippen LogP contribution in [0.4, 0.5) is 0 Å². The molecule has 0 heterocycles. The number of aliphatic hydroxyl groups excluding tert-OH is 1. The fourth-order valence-electron chi connectivity index (χ4n) is 1.41. The van der Waals surface area contributed by atoms with Crippen molar-refractivity contribution in [1.29, 1.82) is 0 Å². The van der Waals surface area contributed by atoms with Crippen molar-refractivity contribution < 1.29 is 15.0 Å². The summed E-state index contributed by atoms with van der Waals surface area (Å²) in [5.41, 5.74) is 0. The quantitative estimate of drug-likeness (QED) is 0.605. The average molecular weight is 201 g/mol. The third kappa shape index (κ3) is 4.87. The summed E-state index contributed by atoms with van der Waals surface area (Å²) in [6.07, 6.45) is 4.53. The van der Waals surface area contributed by atoms with Gasteiger partial charge in [0, 0.05) is 24.9 Å². The first-order valence-electron chi connectivity index (χ1n) is 4.93. The van der Waals surface area contributed by atoms with Crippen molar-refractivity contribution in [2.24, 2.45) is 0 Å². The van der Waals surface area contributed by atoms with Crippen molar-refractivity contribution in [3.05, 3.63) is 12.3 Å². The van der Waals surface area contributed by atoms with E-state index in [2.05, 4.69) is 0 Å². The molecular formula is C10H19NO3. The Bertz CT molecular complexity index is 188. The van der Waals surface area contributed by atoms with Gasteiger partial charge in [0.1, 0.15) is 0 Å². The smallest absolute Gasteiger partial charge is 0.329 e. The first-order chi connectivity index (χ1) is 6.65. The van der Waals surface area contributed by atoms with Crippen LogP contribution in [0.25, 0.3) is 0 Å². The highest BCUT2D eigenvalue weighted by Gasteiger charge is 2.10. The second-order valence-corrected chi connectivity index (χ2v) is 3.09. The van der Waals surface area contributed by atoms with Crippen molar-refractivity contribution >= 4 is 5.97 Å². The molecule has 0 saturated heterocycles. The number of carboxylic acid groups (broad SMARTS) is 1. The summed E-state index contributed by atoms with van der Waals surface area (Å²) in [6, 6.07) is 0.303. The van der Waals surface area contributed by atoms with Gasteiger partial charge >= 0.3 is 5.97 Å².